The number of rotatable bonds is 10. The largest absolute Gasteiger partial charge is 0.538 e. The smallest absolute Gasteiger partial charge is 0.310 e. The predicted molar refractivity (Wildman–Crippen MR) is 232 cm³/mol. The number of anilines is 4. The van der Waals surface area contributed by atoms with Gasteiger partial charge in [-0.15, -0.1) is 0 Å². The van der Waals surface area contributed by atoms with Gasteiger partial charge in [0.2, 0.25) is 0 Å². The molecule has 286 valence electrons. The lowest BCUT2D eigenvalue weighted by Crippen LogP contribution is -2.25. The molecule has 54 heavy (non-hydrogen) atoms. The molecule has 4 rings (SSSR count). The number of benzene rings is 4. The lowest BCUT2D eigenvalue weighted by atomic mass is 9.84. The van der Waals surface area contributed by atoms with Crippen LogP contribution in [-0.4, -0.2) is 38.2 Å². The van der Waals surface area contributed by atoms with Crippen molar-refractivity contribution >= 4 is 86.9 Å². The number of hydrogen-bond donors (Lipinski definition) is 4. The Balaban J connectivity index is 0.000000290. The fraction of sp³-hybridized carbons (Fsp3) is 0.316. The van der Waals surface area contributed by atoms with Crippen LogP contribution in [0.25, 0.3) is 0 Å². The highest BCUT2D eigenvalue weighted by Gasteiger charge is 2.32. The quantitative estimate of drug-likeness (QED) is 0.0522. The van der Waals surface area contributed by atoms with Gasteiger partial charge in [0.05, 0.1) is 9.85 Å². The molecule has 0 aliphatic carbocycles. The van der Waals surface area contributed by atoms with Gasteiger partial charge in [-0.25, -0.2) is 0 Å². The fourth-order valence-electron chi connectivity index (χ4n) is 5.36. The first kappa shape index (κ1) is 43.5. The third-order valence-corrected chi connectivity index (χ3v) is 8.97. The van der Waals surface area contributed by atoms with Crippen molar-refractivity contribution in [1.29, 1.82) is 0 Å². The molecule has 0 aromatic heterocycles. The molecule has 4 N–H and O–H groups in total. The SMILES string of the molecule is C[Si](C)Oc1c([N+](=O)[O-])ccc(NC(=S)Nc2ccccc2)c1C(C)(C)C.C[Si](C)Oc1c([N+](=O)[O-])ccc(NC(=S)Nc2ccccc2)c1C(C)(C)C. The maximum absolute atomic E-state index is 11.5. The summed E-state index contributed by atoms with van der Waals surface area (Å²) in [4.78, 5) is 22.3. The lowest BCUT2D eigenvalue weighted by molar-refractivity contribution is -0.385. The summed E-state index contributed by atoms with van der Waals surface area (Å²) < 4.78 is 11.9. The van der Waals surface area contributed by atoms with Crippen LogP contribution >= 0.6 is 24.4 Å². The molecular formula is C38H48N6O6S2Si2. The Hall–Kier alpha value is -4.91. The van der Waals surface area contributed by atoms with Crippen molar-refractivity contribution in [2.24, 2.45) is 0 Å². The van der Waals surface area contributed by atoms with E-state index in [1.54, 1.807) is 12.1 Å². The number of nitro benzene ring substituents is 2. The van der Waals surface area contributed by atoms with E-state index >= 15 is 0 Å². The molecule has 12 nitrogen and oxygen atoms in total. The molecule has 0 unspecified atom stereocenters. The van der Waals surface area contributed by atoms with Gasteiger partial charge in [0, 0.05) is 46.0 Å². The minimum Gasteiger partial charge on any atom is -0.538 e. The molecule has 0 heterocycles. The van der Waals surface area contributed by atoms with Gasteiger partial charge in [0.25, 0.3) is 18.1 Å². The molecule has 0 aliphatic heterocycles. The molecule has 0 saturated heterocycles. The van der Waals surface area contributed by atoms with Crippen molar-refractivity contribution in [3.63, 3.8) is 0 Å². The van der Waals surface area contributed by atoms with Crippen molar-refractivity contribution in [3.05, 3.63) is 116 Å². The summed E-state index contributed by atoms with van der Waals surface area (Å²) in [7, 11) is -2.39. The first-order chi connectivity index (χ1) is 25.2. The zero-order valence-corrected chi connectivity index (χ0v) is 35.9. The Kier molecular flexibility index (Phi) is 15.2. The van der Waals surface area contributed by atoms with Gasteiger partial charge in [0.1, 0.15) is 0 Å². The summed E-state index contributed by atoms with van der Waals surface area (Å²) in [5.41, 5.74) is 3.75. The molecule has 16 heteroatoms. The molecule has 0 aliphatic rings. The monoisotopic (exact) mass is 804 g/mol. The Morgan fingerprint density at radius 2 is 0.870 bits per heavy atom. The first-order valence-electron chi connectivity index (χ1n) is 17.0. The number of nitrogens with one attached hydrogen (secondary N) is 4. The summed E-state index contributed by atoms with van der Waals surface area (Å²) in [5, 5.41) is 36.5. The molecule has 2 radical (unpaired) electrons. The number of nitro groups is 2. The van der Waals surface area contributed by atoms with Crippen LogP contribution in [0.2, 0.25) is 26.2 Å². The van der Waals surface area contributed by atoms with Gasteiger partial charge in [-0.3, -0.25) is 20.2 Å². The first-order valence-corrected chi connectivity index (χ1v) is 22.7. The van der Waals surface area contributed by atoms with Gasteiger partial charge in [0.15, 0.2) is 21.7 Å². The highest BCUT2D eigenvalue weighted by molar-refractivity contribution is 7.81. The van der Waals surface area contributed by atoms with Crippen LogP contribution in [0.5, 0.6) is 11.5 Å². The second-order valence-corrected chi connectivity index (χ2v) is 19.5. The number of para-hydroxylation sites is 2. The third kappa shape index (κ3) is 12.6. The standard InChI is InChI=1S/2C19H24N3O3SSi/c2*1-19(2,3)16-14(21-18(26)20-13-9-7-6-8-10-13)11-12-15(22(23)24)17(16)25-27(4)5/h2*6-12H,1-5H3,(H2,20,21,26). The van der Waals surface area contributed by atoms with Crippen LogP contribution in [0.15, 0.2) is 84.9 Å². The predicted octanol–water partition coefficient (Wildman–Crippen LogP) is 10.7. The maximum atomic E-state index is 11.5. The minimum atomic E-state index is -1.20. The summed E-state index contributed by atoms with van der Waals surface area (Å²) in [6.45, 7) is 19.8. The van der Waals surface area contributed by atoms with Gasteiger partial charge in [-0.05, 0) is 97.9 Å². The van der Waals surface area contributed by atoms with E-state index in [1.807, 2.05) is 128 Å². The highest BCUT2D eigenvalue weighted by atomic mass is 32.1. The average Bonchev–Trinajstić information content (AvgIpc) is 3.04. The van der Waals surface area contributed by atoms with Gasteiger partial charge in [-0.1, -0.05) is 77.9 Å². The Morgan fingerprint density at radius 3 is 1.13 bits per heavy atom. The molecule has 0 saturated carbocycles. The minimum absolute atomic E-state index is 0.0291. The summed E-state index contributed by atoms with van der Waals surface area (Å²) in [6, 6.07) is 25.4. The molecule has 4 aromatic rings. The van der Waals surface area contributed by atoms with Gasteiger partial charge >= 0.3 is 11.4 Å². The Morgan fingerprint density at radius 1 is 0.556 bits per heavy atom. The molecule has 4 aromatic carbocycles. The van der Waals surface area contributed by atoms with E-state index in [4.69, 9.17) is 33.3 Å². The molecular weight excluding hydrogens is 757 g/mol. The normalized spacial score (nSPS) is 11.2. The Bertz CT molecular complexity index is 1810. The van der Waals surface area contributed by atoms with E-state index in [0.29, 0.717) is 33.1 Å². The molecule has 0 spiro atoms. The lowest BCUT2D eigenvalue weighted by Gasteiger charge is -2.27. The zero-order chi connectivity index (χ0) is 40.4. The number of hydrogen-bond acceptors (Lipinski definition) is 8. The van der Waals surface area contributed by atoms with Crippen LogP contribution in [0.4, 0.5) is 34.1 Å². The number of thiocarbonyl (C=S) groups is 2. The average molecular weight is 805 g/mol. The fourth-order valence-corrected chi connectivity index (χ4v) is 7.04. The van der Waals surface area contributed by atoms with Gasteiger partial charge < -0.3 is 30.1 Å². The summed E-state index contributed by atoms with van der Waals surface area (Å²) in [5.74, 6) is 0.637. The van der Waals surface area contributed by atoms with Crippen LogP contribution < -0.4 is 30.1 Å². The Labute approximate surface area is 331 Å². The van der Waals surface area contributed by atoms with Crippen molar-refractivity contribution in [2.45, 2.75) is 78.6 Å². The zero-order valence-electron chi connectivity index (χ0n) is 32.2. The van der Waals surface area contributed by atoms with Crippen molar-refractivity contribution < 1.29 is 18.7 Å². The van der Waals surface area contributed by atoms with Crippen molar-refractivity contribution in [1.82, 2.24) is 0 Å². The topological polar surface area (TPSA) is 153 Å². The second kappa shape index (κ2) is 18.9. The van der Waals surface area contributed by atoms with Crippen LogP contribution in [-0.2, 0) is 10.8 Å². The number of nitrogens with zero attached hydrogens (tertiary/aromatic N) is 2. The van der Waals surface area contributed by atoms with E-state index in [1.165, 1.54) is 12.1 Å². The van der Waals surface area contributed by atoms with Crippen molar-refractivity contribution in [2.75, 3.05) is 21.3 Å². The molecule has 0 fully saturated rings. The third-order valence-electron chi connectivity index (χ3n) is 7.34. The van der Waals surface area contributed by atoms with Crippen LogP contribution in [0.1, 0.15) is 52.7 Å². The second-order valence-electron chi connectivity index (χ2n) is 14.6. The summed E-state index contributed by atoms with van der Waals surface area (Å²) in [6.07, 6.45) is 0. The van der Waals surface area contributed by atoms with Crippen LogP contribution in [0, 0.1) is 20.2 Å². The van der Waals surface area contributed by atoms with E-state index in [0.717, 1.165) is 22.5 Å². The van der Waals surface area contributed by atoms with Crippen LogP contribution in [0.3, 0.4) is 0 Å². The maximum Gasteiger partial charge on any atom is 0.310 e. The molecule has 0 amide bonds. The summed E-state index contributed by atoms with van der Waals surface area (Å²) >= 11 is 10.9. The van der Waals surface area contributed by atoms with Gasteiger partial charge in [-0.2, -0.15) is 0 Å². The highest BCUT2D eigenvalue weighted by Crippen LogP contribution is 2.45. The van der Waals surface area contributed by atoms with Crippen molar-refractivity contribution in [3.8, 4) is 11.5 Å². The van der Waals surface area contributed by atoms with E-state index in [9.17, 15) is 20.2 Å². The van der Waals surface area contributed by atoms with E-state index < -0.39 is 27.9 Å². The van der Waals surface area contributed by atoms with E-state index in [2.05, 4.69) is 21.3 Å². The van der Waals surface area contributed by atoms with E-state index in [-0.39, 0.29) is 22.2 Å². The molecule has 0 atom stereocenters. The molecule has 0 bridgehead atoms.